The SMILES string of the molecule is C#Cc1cccc(NC(=O)CNC(=O)c2ccc(-n3cccn3)nc2)c1. The minimum absolute atomic E-state index is 0.167. The molecule has 0 fully saturated rings. The number of rotatable bonds is 5. The third-order valence-corrected chi connectivity index (χ3v) is 3.47. The average Bonchev–Trinajstić information content (AvgIpc) is 3.21. The summed E-state index contributed by atoms with van der Waals surface area (Å²) < 4.78 is 1.58. The van der Waals surface area contributed by atoms with E-state index in [-0.39, 0.29) is 12.5 Å². The zero-order valence-electron chi connectivity index (χ0n) is 13.7. The summed E-state index contributed by atoms with van der Waals surface area (Å²) in [5, 5.41) is 9.28. The Kier molecular flexibility index (Phi) is 5.05. The standard InChI is InChI=1S/C19H15N5O2/c1-2-14-5-3-6-16(11-14)23-18(25)13-21-19(26)15-7-8-17(20-12-15)24-10-4-9-22-24/h1,3-12H,13H2,(H,21,26)(H,23,25). The fourth-order valence-corrected chi connectivity index (χ4v) is 2.21. The number of nitrogens with one attached hydrogen (secondary N) is 2. The van der Waals surface area contributed by atoms with Gasteiger partial charge in [-0.3, -0.25) is 9.59 Å². The van der Waals surface area contributed by atoms with Crippen molar-refractivity contribution in [2.75, 3.05) is 11.9 Å². The Morgan fingerprint density at radius 2 is 2.08 bits per heavy atom. The van der Waals surface area contributed by atoms with Gasteiger partial charge in [0.15, 0.2) is 5.82 Å². The second-order valence-corrected chi connectivity index (χ2v) is 5.31. The molecule has 0 saturated heterocycles. The van der Waals surface area contributed by atoms with Crippen LogP contribution in [0.1, 0.15) is 15.9 Å². The van der Waals surface area contributed by atoms with Crippen LogP contribution in [-0.2, 0) is 4.79 Å². The lowest BCUT2D eigenvalue weighted by molar-refractivity contribution is -0.115. The van der Waals surface area contributed by atoms with Gasteiger partial charge in [-0.1, -0.05) is 12.0 Å². The summed E-state index contributed by atoms with van der Waals surface area (Å²) >= 11 is 0. The Labute approximate surface area is 150 Å². The lowest BCUT2D eigenvalue weighted by Crippen LogP contribution is -2.32. The van der Waals surface area contributed by atoms with Crippen LogP contribution in [0, 0.1) is 12.3 Å². The second-order valence-electron chi connectivity index (χ2n) is 5.31. The van der Waals surface area contributed by atoms with Crippen molar-refractivity contribution in [3.05, 3.63) is 72.2 Å². The van der Waals surface area contributed by atoms with Crippen molar-refractivity contribution < 1.29 is 9.59 Å². The van der Waals surface area contributed by atoms with Crippen molar-refractivity contribution in [2.24, 2.45) is 0 Å². The number of amides is 2. The minimum atomic E-state index is -0.392. The maximum atomic E-state index is 12.1. The van der Waals surface area contributed by atoms with Gasteiger partial charge in [0.25, 0.3) is 5.91 Å². The molecule has 2 N–H and O–H groups in total. The summed E-state index contributed by atoms with van der Waals surface area (Å²) in [5.41, 5.74) is 1.59. The number of terminal acetylenes is 1. The third-order valence-electron chi connectivity index (χ3n) is 3.47. The van der Waals surface area contributed by atoms with E-state index in [1.165, 1.54) is 6.20 Å². The number of anilines is 1. The van der Waals surface area contributed by atoms with E-state index in [1.807, 2.05) is 0 Å². The topological polar surface area (TPSA) is 88.9 Å². The van der Waals surface area contributed by atoms with Crippen LogP contribution in [-0.4, -0.2) is 33.1 Å². The van der Waals surface area contributed by atoms with Crippen LogP contribution in [0.2, 0.25) is 0 Å². The zero-order valence-corrected chi connectivity index (χ0v) is 13.7. The highest BCUT2D eigenvalue weighted by molar-refractivity contribution is 5.99. The highest BCUT2D eigenvalue weighted by Crippen LogP contribution is 2.09. The number of hydrogen-bond acceptors (Lipinski definition) is 4. The molecule has 3 aromatic rings. The van der Waals surface area contributed by atoms with Gasteiger partial charge in [0.1, 0.15) is 0 Å². The summed E-state index contributed by atoms with van der Waals surface area (Å²) in [6.45, 7) is -0.167. The number of carbonyl (C=O) groups is 2. The highest BCUT2D eigenvalue weighted by Gasteiger charge is 2.09. The Balaban J connectivity index is 1.55. The van der Waals surface area contributed by atoms with Crippen molar-refractivity contribution in [1.82, 2.24) is 20.1 Å². The fraction of sp³-hybridized carbons (Fsp3) is 0.0526. The van der Waals surface area contributed by atoms with Crippen LogP contribution >= 0.6 is 0 Å². The van der Waals surface area contributed by atoms with Crippen molar-refractivity contribution in [2.45, 2.75) is 0 Å². The highest BCUT2D eigenvalue weighted by atomic mass is 16.2. The maximum absolute atomic E-state index is 12.1. The molecular formula is C19H15N5O2. The summed E-state index contributed by atoms with van der Waals surface area (Å²) in [6.07, 6.45) is 10.1. The molecule has 0 aliphatic carbocycles. The molecule has 0 radical (unpaired) electrons. The Hall–Kier alpha value is -3.92. The van der Waals surface area contributed by atoms with Crippen molar-refractivity contribution in [1.29, 1.82) is 0 Å². The fourth-order valence-electron chi connectivity index (χ4n) is 2.21. The van der Waals surface area contributed by atoms with Crippen molar-refractivity contribution >= 4 is 17.5 Å². The first-order chi connectivity index (χ1) is 12.7. The van der Waals surface area contributed by atoms with Crippen LogP contribution in [0.4, 0.5) is 5.69 Å². The molecule has 7 nitrogen and oxygen atoms in total. The van der Waals surface area contributed by atoms with Gasteiger partial charge in [0.05, 0.1) is 12.1 Å². The molecule has 0 aliphatic heterocycles. The lowest BCUT2D eigenvalue weighted by Gasteiger charge is -2.08. The summed E-state index contributed by atoms with van der Waals surface area (Å²) in [7, 11) is 0. The first-order valence-electron chi connectivity index (χ1n) is 7.76. The smallest absolute Gasteiger partial charge is 0.253 e. The van der Waals surface area contributed by atoms with Gasteiger partial charge < -0.3 is 10.6 Å². The van der Waals surface area contributed by atoms with E-state index >= 15 is 0 Å². The molecule has 0 bridgehead atoms. The van der Waals surface area contributed by atoms with Crippen LogP contribution < -0.4 is 10.6 Å². The number of aromatic nitrogens is 3. The molecular weight excluding hydrogens is 330 g/mol. The molecule has 0 unspecified atom stereocenters. The van der Waals surface area contributed by atoms with Crippen molar-refractivity contribution in [3.8, 4) is 18.2 Å². The van der Waals surface area contributed by atoms with Gasteiger partial charge in [-0.15, -0.1) is 6.42 Å². The minimum Gasteiger partial charge on any atom is -0.343 e. The molecule has 0 saturated carbocycles. The number of nitrogens with zero attached hydrogens (tertiary/aromatic N) is 3. The predicted molar refractivity (Wildman–Crippen MR) is 96.7 cm³/mol. The molecule has 1 aromatic carbocycles. The predicted octanol–water partition coefficient (Wildman–Crippen LogP) is 1.62. The summed E-state index contributed by atoms with van der Waals surface area (Å²) in [5.74, 6) is 2.34. The lowest BCUT2D eigenvalue weighted by atomic mass is 10.2. The molecule has 0 spiro atoms. The molecule has 2 heterocycles. The van der Waals surface area contributed by atoms with Crippen LogP contribution in [0.3, 0.4) is 0 Å². The van der Waals surface area contributed by atoms with Gasteiger partial charge in [-0.25, -0.2) is 9.67 Å². The first kappa shape index (κ1) is 16.9. The molecule has 3 rings (SSSR count). The van der Waals surface area contributed by atoms with Gasteiger partial charge in [0, 0.05) is 29.8 Å². The molecule has 2 aromatic heterocycles. The van der Waals surface area contributed by atoms with Crippen LogP contribution in [0.5, 0.6) is 0 Å². The third kappa shape index (κ3) is 4.13. The van der Waals surface area contributed by atoms with E-state index in [0.717, 1.165) is 0 Å². The zero-order chi connectivity index (χ0) is 18.4. The maximum Gasteiger partial charge on any atom is 0.253 e. The normalized spacial score (nSPS) is 9.96. The molecule has 2 amide bonds. The molecule has 26 heavy (non-hydrogen) atoms. The largest absolute Gasteiger partial charge is 0.343 e. The van der Waals surface area contributed by atoms with Gasteiger partial charge in [0.2, 0.25) is 5.91 Å². The molecule has 7 heteroatoms. The Bertz CT molecular complexity index is 956. The van der Waals surface area contributed by atoms with E-state index < -0.39 is 5.91 Å². The Morgan fingerprint density at radius 3 is 2.77 bits per heavy atom. The average molecular weight is 345 g/mol. The first-order valence-corrected chi connectivity index (χ1v) is 7.76. The van der Waals surface area contributed by atoms with E-state index in [9.17, 15) is 9.59 Å². The van der Waals surface area contributed by atoms with Crippen molar-refractivity contribution in [3.63, 3.8) is 0 Å². The second kappa shape index (κ2) is 7.77. The van der Waals surface area contributed by atoms with E-state index in [4.69, 9.17) is 6.42 Å². The molecule has 128 valence electrons. The number of carbonyl (C=O) groups excluding carboxylic acids is 2. The number of benzene rings is 1. The number of hydrogen-bond donors (Lipinski definition) is 2. The monoisotopic (exact) mass is 345 g/mol. The van der Waals surface area contributed by atoms with E-state index in [1.54, 1.807) is 59.5 Å². The van der Waals surface area contributed by atoms with Gasteiger partial charge in [-0.2, -0.15) is 5.10 Å². The molecule has 0 aliphatic rings. The van der Waals surface area contributed by atoms with Crippen LogP contribution in [0.25, 0.3) is 5.82 Å². The van der Waals surface area contributed by atoms with Crippen LogP contribution in [0.15, 0.2) is 61.1 Å². The number of pyridine rings is 1. The molecule has 0 atom stereocenters. The van der Waals surface area contributed by atoms with Gasteiger partial charge in [-0.05, 0) is 36.4 Å². The van der Waals surface area contributed by atoms with Gasteiger partial charge >= 0.3 is 0 Å². The van der Waals surface area contributed by atoms with E-state index in [2.05, 4.69) is 26.6 Å². The van der Waals surface area contributed by atoms with E-state index in [0.29, 0.717) is 22.6 Å². The Morgan fingerprint density at radius 1 is 1.19 bits per heavy atom. The summed E-state index contributed by atoms with van der Waals surface area (Å²) in [4.78, 5) is 28.2. The summed E-state index contributed by atoms with van der Waals surface area (Å²) in [6, 6.07) is 12.0. The quantitative estimate of drug-likeness (QED) is 0.688.